The summed E-state index contributed by atoms with van der Waals surface area (Å²) >= 11 is 3.72. The molecule has 238 valence electrons. The Hall–Kier alpha value is -6.21. The highest BCUT2D eigenvalue weighted by Gasteiger charge is 2.23. The lowest BCUT2D eigenvalue weighted by atomic mass is 10.0. The summed E-state index contributed by atoms with van der Waals surface area (Å²) in [4.78, 5) is 15.3. The molecular weight excluding hydrogens is 661 g/mol. The van der Waals surface area contributed by atoms with Crippen LogP contribution in [-0.2, 0) is 0 Å². The van der Waals surface area contributed by atoms with E-state index in [4.69, 9.17) is 15.0 Å². The van der Waals surface area contributed by atoms with E-state index in [2.05, 4.69) is 126 Å². The molecule has 4 heterocycles. The third-order valence-corrected chi connectivity index (χ3v) is 12.3. The van der Waals surface area contributed by atoms with Gasteiger partial charge < -0.3 is 4.57 Å². The van der Waals surface area contributed by atoms with Crippen molar-refractivity contribution in [3.05, 3.63) is 158 Å². The van der Waals surface area contributed by atoms with Crippen LogP contribution in [0.25, 0.3) is 102 Å². The second kappa shape index (κ2) is 11.2. The maximum atomic E-state index is 5.16. The Morgan fingerprint density at radius 3 is 1.67 bits per heavy atom. The monoisotopic (exact) mass is 686 g/mol. The van der Waals surface area contributed by atoms with E-state index in [9.17, 15) is 0 Å². The maximum Gasteiger partial charge on any atom is 0.164 e. The van der Waals surface area contributed by atoms with E-state index < -0.39 is 0 Å². The standard InChI is InChI=1S/C45H26N4S2/c1-3-13-27(14-4-1)43-46-44(28-15-5-2-6-16-28)48-45(47-43)33-24-26-36(42-39(33)32-19-9-12-22-38(32)51-42)49-34-20-10-7-18-31(34)40-35(49)25-23-30-29-17-8-11-21-37(29)50-41(30)40/h1-26H. The fourth-order valence-electron chi connectivity index (χ4n) is 7.60. The first-order chi connectivity index (χ1) is 25.3. The van der Waals surface area contributed by atoms with Gasteiger partial charge in [-0.25, -0.2) is 15.0 Å². The molecule has 7 aromatic carbocycles. The first kappa shape index (κ1) is 28.6. The van der Waals surface area contributed by atoms with Gasteiger partial charge in [0, 0.05) is 63.1 Å². The molecule has 4 aromatic heterocycles. The van der Waals surface area contributed by atoms with Crippen LogP contribution in [0.4, 0.5) is 0 Å². The van der Waals surface area contributed by atoms with Gasteiger partial charge in [-0.15, -0.1) is 22.7 Å². The molecule has 6 heteroatoms. The van der Waals surface area contributed by atoms with Gasteiger partial charge in [0.25, 0.3) is 0 Å². The van der Waals surface area contributed by atoms with E-state index >= 15 is 0 Å². The minimum Gasteiger partial charge on any atom is -0.308 e. The number of hydrogen-bond donors (Lipinski definition) is 0. The molecule has 0 aliphatic carbocycles. The third kappa shape index (κ3) is 4.34. The average molecular weight is 687 g/mol. The number of rotatable bonds is 4. The van der Waals surface area contributed by atoms with Crippen molar-refractivity contribution >= 4 is 84.8 Å². The second-order valence-electron chi connectivity index (χ2n) is 12.8. The third-order valence-electron chi connectivity index (χ3n) is 9.87. The van der Waals surface area contributed by atoms with Gasteiger partial charge in [0.05, 0.1) is 21.4 Å². The lowest BCUT2D eigenvalue weighted by Crippen LogP contribution is -2.01. The van der Waals surface area contributed by atoms with Crippen LogP contribution in [0, 0.1) is 0 Å². The zero-order chi connectivity index (χ0) is 33.5. The van der Waals surface area contributed by atoms with Crippen molar-refractivity contribution in [1.82, 2.24) is 19.5 Å². The summed E-state index contributed by atoms with van der Waals surface area (Å²) in [6.45, 7) is 0. The van der Waals surface area contributed by atoms with Gasteiger partial charge in [0.15, 0.2) is 17.5 Å². The van der Waals surface area contributed by atoms with E-state index in [0.717, 1.165) is 27.8 Å². The summed E-state index contributed by atoms with van der Waals surface area (Å²) in [6.07, 6.45) is 0. The molecule has 0 aliphatic rings. The first-order valence-electron chi connectivity index (χ1n) is 17.0. The highest BCUT2D eigenvalue weighted by molar-refractivity contribution is 7.27. The fourth-order valence-corrected chi connectivity index (χ4v) is 10.1. The molecule has 11 aromatic rings. The predicted molar refractivity (Wildman–Crippen MR) is 216 cm³/mol. The van der Waals surface area contributed by atoms with Crippen molar-refractivity contribution in [2.75, 3.05) is 0 Å². The molecule has 0 amide bonds. The Morgan fingerprint density at radius 2 is 0.941 bits per heavy atom. The molecule has 0 fully saturated rings. The maximum absolute atomic E-state index is 5.16. The number of fused-ring (bicyclic) bond motifs is 10. The molecule has 0 radical (unpaired) electrons. The normalized spacial score (nSPS) is 11.9. The first-order valence-corrected chi connectivity index (χ1v) is 18.6. The van der Waals surface area contributed by atoms with Crippen LogP contribution in [-0.4, -0.2) is 19.5 Å². The second-order valence-corrected chi connectivity index (χ2v) is 14.9. The van der Waals surface area contributed by atoms with Gasteiger partial charge in [-0.2, -0.15) is 0 Å². The number of para-hydroxylation sites is 1. The molecule has 0 unspecified atom stereocenters. The number of hydrogen-bond acceptors (Lipinski definition) is 5. The van der Waals surface area contributed by atoms with Crippen LogP contribution in [0.2, 0.25) is 0 Å². The quantitative estimate of drug-likeness (QED) is 0.185. The zero-order valence-electron chi connectivity index (χ0n) is 27.1. The van der Waals surface area contributed by atoms with Crippen LogP contribution >= 0.6 is 22.7 Å². The zero-order valence-corrected chi connectivity index (χ0v) is 28.7. The van der Waals surface area contributed by atoms with Crippen LogP contribution in [0.1, 0.15) is 0 Å². The van der Waals surface area contributed by atoms with Crippen LogP contribution in [0.15, 0.2) is 158 Å². The van der Waals surface area contributed by atoms with Gasteiger partial charge >= 0.3 is 0 Å². The smallest absolute Gasteiger partial charge is 0.164 e. The summed E-state index contributed by atoms with van der Waals surface area (Å²) in [5.41, 5.74) is 6.47. The van der Waals surface area contributed by atoms with Gasteiger partial charge in [-0.3, -0.25) is 0 Å². The van der Waals surface area contributed by atoms with Crippen LogP contribution < -0.4 is 0 Å². The molecule has 0 saturated carbocycles. The van der Waals surface area contributed by atoms with Crippen molar-refractivity contribution < 1.29 is 0 Å². The summed E-state index contributed by atoms with van der Waals surface area (Å²) in [7, 11) is 0. The van der Waals surface area contributed by atoms with Gasteiger partial charge in [-0.05, 0) is 36.4 Å². The van der Waals surface area contributed by atoms with E-state index in [1.165, 1.54) is 56.8 Å². The van der Waals surface area contributed by atoms with Gasteiger partial charge in [0.1, 0.15) is 0 Å². The molecule has 4 nitrogen and oxygen atoms in total. The largest absolute Gasteiger partial charge is 0.308 e. The number of thiophene rings is 2. The van der Waals surface area contributed by atoms with Crippen LogP contribution in [0.3, 0.4) is 0 Å². The molecule has 0 bridgehead atoms. The Morgan fingerprint density at radius 1 is 0.373 bits per heavy atom. The molecule has 0 atom stereocenters. The minimum atomic E-state index is 0.658. The molecule has 51 heavy (non-hydrogen) atoms. The topological polar surface area (TPSA) is 43.6 Å². The fraction of sp³-hybridized carbons (Fsp3) is 0. The Balaban J connectivity index is 1.23. The molecule has 11 rings (SSSR count). The van der Waals surface area contributed by atoms with Crippen LogP contribution in [0.5, 0.6) is 0 Å². The lowest BCUT2D eigenvalue weighted by molar-refractivity contribution is 1.08. The van der Waals surface area contributed by atoms with Crippen molar-refractivity contribution in [2.24, 2.45) is 0 Å². The van der Waals surface area contributed by atoms with E-state index in [1.54, 1.807) is 0 Å². The van der Waals surface area contributed by atoms with E-state index in [0.29, 0.717) is 17.5 Å². The number of benzene rings is 7. The summed E-state index contributed by atoms with van der Waals surface area (Å²) in [6, 6.07) is 55.8. The van der Waals surface area contributed by atoms with Crippen molar-refractivity contribution in [3.63, 3.8) is 0 Å². The summed E-state index contributed by atoms with van der Waals surface area (Å²) < 4.78 is 7.55. The molecule has 0 spiro atoms. The minimum absolute atomic E-state index is 0.658. The van der Waals surface area contributed by atoms with Crippen molar-refractivity contribution in [2.45, 2.75) is 0 Å². The Bertz CT molecular complexity index is 3080. The van der Waals surface area contributed by atoms with Gasteiger partial charge in [0.2, 0.25) is 0 Å². The number of aromatic nitrogens is 4. The Labute approximate surface area is 300 Å². The highest BCUT2D eigenvalue weighted by Crippen LogP contribution is 2.47. The van der Waals surface area contributed by atoms with Crippen molar-refractivity contribution in [1.29, 1.82) is 0 Å². The summed E-state index contributed by atoms with van der Waals surface area (Å²) in [5, 5.41) is 7.55. The molecule has 0 aliphatic heterocycles. The van der Waals surface area contributed by atoms with Crippen molar-refractivity contribution in [3.8, 4) is 39.9 Å². The van der Waals surface area contributed by atoms with Gasteiger partial charge in [-0.1, -0.05) is 121 Å². The predicted octanol–water partition coefficient (Wildman–Crippen LogP) is 12.7. The SMILES string of the molecule is c1ccc(-c2nc(-c3ccccc3)nc(-c3ccc(-n4c5ccccc5c5c6sc7ccccc7c6ccc54)c4sc5ccccc5c34)n2)cc1. The summed E-state index contributed by atoms with van der Waals surface area (Å²) in [5.74, 6) is 1.98. The highest BCUT2D eigenvalue weighted by atomic mass is 32.1. The lowest BCUT2D eigenvalue weighted by Gasteiger charge is -2.13. The average Bonchev–Trinajstić information content (AvgIpc) is 3.88. The molecular formula is C45H26N4S2. The molecule has 0 N–H and O–H groups in total. The number of nitrogens with zero attached hydrogens (tertiary/aromatic N) is 4. The Kier molecular flexibility index (Phi) is 6.26. The van der Waals surface area contributed by atoms with E-state index in [1.807, 2.05) is 59.1 Å². The van der Waals surface area contributed by atoms with E-state index in [-0.39, 0.29) is 0 Å². The molecule has 0 saturated heterocycles.